The molecular weight excluding hydrogens is 224 g/mol. The smallest absolute Gasteiger partial charge is 0.119 e. The first-order chi connectivity index (χ1) is 8.78. The van der Waals surface area contributed by atoms with Crippen LogP contribution in [-0.2, 0) is 6.54 Å². The minimum atomic E-state index is 0.583. The summed E-state index contributed by atoms with van der Waals surface area (Å²) in [5.41, 5.74) is 8.20. The van der Waals surface area contributed by atoms with Crippen molar-refractivity contribution in [2.75, 3.05) is 26.2 Å². The fraction of sp³-hybridized carbons (Fsp3) is 0.467. The number of benzene rings is 1. The van der Waals surface area contributed by atoms with Crippen molar-refractivity contribution in [3.8, 4) is 5.75 Å². The molecule has 0 spiro atoms. The molecule has 0 aromatic heterocycles. The van der Waals surface area contributed by atoms with Gasteiger partial charge in [0.25, 0.3) is 0 Å². The van der Waals surface area contributed by atoms with Crippen LogP contribution >= 0.6 is 0 Å². The maximum Gasteiger partial charge on any atom is 0.119 e. The summed E-state index contributed by atoms with van der Waals surface area (Å²) in [4.78, 5) is 2.42. The molecule has 98 valence electrons. The van der Waals surface area contributed by atoms with Crippen LogP contribution in [0.25, 0.3) is 0 Å². The van der Waals surface area contributed by atoms with Gasteiger partial charge in [0.1, 0.15) is 12.4 Å². The first-order valence-electron chi connectivity index (χ1n) is 6.58. The first kappa shape index (κ1) is 13.1. The van der Waals surface area contributed by atoms with E-state index in [2.05, 4.69) is 17.9 Å². The van der Waals surface area contributed by atoms with Crippen molar-refractivity contribution in [2.45, 2.75) is 19.9 Å². The first-order valence-corrected chi connectivity index (χ1v) is 6.58. The van der Waals surface area contributed by atoms with Gasteiger partial charge in [-0.05, 0) is 31.0 Å². The van der Waals surface area contributed by atoms with Gasteiger partial charge < -0.3 is 10.5 Å². The van der Waals surface area contributed by atoms with Gasteiger partial charge in [0.15, 0.2) is 0 Å². The molecule has 1 aromatic carbocycles. The molecule has 1 aliphatic rings. The molecule has 0 aliphatic carbocycles. The Labute approximate surface area is 109 Å². The summed E-state index contributed by atoms with van der Waals surface area (Å²) < 4.78 is 5.73. The summed E-state index contributed by atoms with van der Waals surface area (Å²) in [6.07, 6.45) is 3.49. The van der Waals surface area contributed by atoms with Crippen molar-refractivity contribution < 1.29 is 4.74 Å². The van der Waals surface area contributed by atoms with Crippen molar-refractivity contribution in [2.24, 2.45) is 5.73 Å². The van der Waals surface area contributed by atoms with Gasteiger partial charge in [0.05, 0.1) is 0 Å². The molecule has 1 aliphatic heterocycles. The quantitative estimate of drug-likeness (QED) is 0.809. The van der Waals surface area contributed by atoms with Crippen LogP contribution < -0.4 is 10.5 Å². The Morgan fingerprint density at radius 2 is 2.06 bits per heavy atom. The Kier molecular flexibility index (Phi) is 4.79. The van der Waals surface area contributed by atoms with Crippen molar-refractivity contribution >= 4 is 0 Å². The van der Waals surface area contributed by atoms with Crippen molar-refractivity contribution in [3.63, 3.8) is 0 Å². The van der Waals surface area contributed by atoms with Crippen molar-refractivity contribution in [3.05, 3.63) is 41.5 Å². The standard InChI is InChI=1S/C15H22N2O/c1-13-6-8-17(9-7-13)10-11-18-15-4-2-14(12-16)3-5-15/h2-6H,7-12,16H2,1H3. The molecule has 1 aromatic rings. The van der Waals surface area contributed by atoms with Gasteiger partial charge in [-0.3, -0.25) is 4.90 Å². The lowest BCUT2D eigenvalue weighted by Crippen LogP contribution is -2.32. The second-order valence-electron chi connectivity index (χ2n) is 4.80. The minimum Gasteiger partial charge on any atom is -0.492 e. The highest BCUT2D eigenvalue weighted by Gasteiger charge is 2.08. The maximum absolute atomic E-state index is 5.73. The molecule has 0 amide bonds. The highest BCUT2D eigenvalue weighted by Crippen LogP contribution is 2.12. The Morgan fingerprint density at radius 3 is 2.67 bits per heavy atom. The van der Waals surface area contributed by atoms with Crippen LogP contribution in [0.3, 0.4) is 0 Å². The average Bonchev–Trinajstić information content (AvgIpc) is 2.42. The van der Waals surface area contributed by atoms with Crippen molar-refractivity contribution in [1.29, 1.82) is 0 Å². The molecule has 0 fully saturated rings. The molecule has 0 bridgehead atoms. The number of hydrogen-bond acceptors (Lipinski definition) is 3. The van der Waals surface area contributed by atoms with E-state index in [9.17, 15) is 0 Å². The molecule has 18 heavy (non-hydrogen) atoms. The summed E-state index contributed by atoms with van der Waals surface area (Å²) in [6.45, 7) is 6.73. The van der Waals surface area contributed by atoms with Gasteiger partial charge in [0.2, 0.25) is 0 Å². The molecule has 2 N–H and O–H groups in total. The number of ether oxygens (including phenoxy) is 1. The number of nitrogens with zero attached hydrogens (tertiary/aromatic N) is 1. The van der Waals surface area contributed by atoms with E-state index in [-0.39, 0.29) is 0 Å². The van der Waals surface area contributed by atoms with Gasteiger partial charge in [-0.25, -0.2) is 0 Å². The third-order valence-electron chi connectivity index (χ3n) is 3.36. The molecule has 0 saturated carbocycles. The third-order valence-corrected chi connectivity index (χ3v) is 3.36. The number of nitrogens with two attached hydrogens (primary N) is 1. The Hall–Kier alpha value is -1.32. The topological polar surface area (TPSA) is 38.5 Å². The normalized spacial score (nSPS) is 16.4. The Morgan fingerprint density at radius 1 is 1.28 bits per heavy atom. The van der Waals surface area contributed by atoms with E-state index in [1.165, 1.54) is 12.0 Å². The SMILES string of the molecule is CC1=CCN(CCOc2ccc(CN)cc2)CC1. The van der Waals surface area contributed by atoms with Crippen LogP contribution in [0.2, 0.25) is 0 Å². The van der Waals surface area contributed by atoms with Gasteiger partial charge in [-0.2, -0.15) is 0 Å². The molecule has 3 nitrogen and oxygen atoms in total. The second-order valence-corrected chi connectivity index (χ2v) is 4.80. The largest absolute Gasteiger partial charge is 0.492 e. The van der Waals surface area contributed by atoms with E-state index in [4.69, 9.17) is 10.5 Å². The van der Waals surface area contributed by atoms with E-state index in [0.717, 1.165) is 37.6 Å². The highest BCUT2D eigenvalue weighted by molar-refractivity contribution is 5.27. The van der Waals surface area contributed by atoms with Gasteiger partial charge in [-0.1, -0.05) is 23.8 Å². The Balaban J connectivity index is 1.71. The van der Waals surface area contributed by atoms with Crippen LogP contribution in [0.5, 0.6) is 5.75 Å². The molecule has 3 heteroatoms. The second kappa shape index (κ2) is 6.57. The molecule has 0 atom stereocenters. The summed E-state index contributed by atoms with van der Waals surface area (Å²) >= 11 is 0. The van der Waals surface area contributed by atoms with Crippen LogP contribution in [0.15, 0.2) is 35.9 Å². The Bertz CT molecular complexity index is 397. The van der Waals surface area contributed by atoms with E-state index in [1.54, 1.807) is 0 Å². The van der Waals surface area contributed by atoms with Crippen LogP contribution in [0.1, 0.15) is 18.9 Å². The number of rotatable bonds is 5. The van der Waals surface area contributed by atoms with Gasteiger partial charge >= 0.3 is 0 Å². The lowest BCUT2D eigenvalue weighted by Gasteiger charge is -2.25. The predicted octanol–water partition coefficient (Wildman–Crippen LogP) is 2.18. The zero-order valence-electron chi connectivity index (χ0n) is 11.1. The molecule has 0 unspecified atom stereocenters. The van der Waals surface area contributed by atoms with E-state index < -0.39 is 0 Å². The molecule has 0 radical (unpaired) electrons. The molecule has 2 rings (SSSR count). The lowest BCUT2D eigenvalue weighted by molar-refractivity contribution is 0.219. The fourth-order valence-corrected chi connectivity index (χ4v) is 2.03. The summed E-state index contributed by atoms with van der Waals surface area (Å²) in [5, 5.41) is 0. The predicted molar refractivity (Wildman–Crippen MR) is 74.6 cm³/mol. The van der Waals surface area contributed by atoms with Gasteiger partial charge in [0, 0.05) is 26.2 Å². The molecule has 0 saturated heterocycles. The number of hydrogen-bond donors (Lipinski definition) is 1. The molecular formula is C15H22N2O. The van der Waals surface area contributed by atoms with Crippen molar-refractivity contribution in [1.82, 2.24) is 4.90 Å². The fourth-order valence-electron chi connectivity index (χ4n) is 2.03. The van der Waals surface area contributed by atoms with E-state index >= 15 is 0 Å². The van der Waals surface area contributed by atoms with Crippen LogP contribution in [0, 0.1) is 0 Å². The summed E-state index contributed by atoms with van der Waals surface area (Å²) in [7, 11) is 0. The maximum atomic E-state index is 5.73. The third kappa shape index (κ3) is 3.86. The lowest BCUT2D eigenvalue weighted by atomic mass is 10.1. The molecule has 1 heterocycles. The van der Waals surface area contributed by atoms with Crippen LogP contribution in [0.4, 0.5) is 0 Å². The van der Waals surface area contributed by atoms with E-state index in [1.807, 2.05) is 24.3 Å². The zero-order chi connectivity index (χ0) is 12.8. The van der Waals surface area contributed by atoms with E-state index in [0.29, 0.717) is 6.54 Å². The highest BCUT2D eigenvalue weighted by atomic mass is 16.5. The average molecular weight is 246 g/mol. The summed E-state index contributed by atoms with van der Waals surface area (Å²) in [6, 6.07) is 8.01. The zero-order valence-corrected chi connectivity index (χ0v) is 11.1. The van der Waals surface area contributed by atoms with Crippen LogP contribution in [-0.4, -0.2) is 31.1 Å². The monoisotopic (exact) mass is 246 g/mol. The van der Waals surface area contributed by atoms with Gasteiger partial charge in [-0.15, -0.1) is 0 Å². The summed E-state index contributed by atoms with van der Waals surface area (Å²) in [5.74, 6) is 0.927. The minimum absolute atomic E-state index is 0.583.